The normalized spacial score (nSPS) is 13.2. The van der Waals surface area contributed by atoms with Gasteiger partial charge in [0, 0.05) is 16.3 Å². The smallest absolute Gasteiger partial charge is 0.175 e. The molecule has 1 atom stereocenters. The van der Waals surface area contributed by atoms with Crippen molar-refractivity contribution in [3.05, 3.63) is 62.8 Å². The summed E-state index contributed by atoms with van der Waals surface area (Å²) in [6, 6.07) is 8.65. The van der Waals surface area contributed by atoms with Crippen LogP contribution in [0.25, 0.3) is 0 Å². The van der Waals surface area contributed by atoms with Crippen molar-refractivity contribution in [2.45, 2.75) is 11.0 Å². The number of aliphatic hydroxyl groups excluding tert-OH is 1. The Morgan fingerprint density at radius 1 is 1.29 bits per heavy atom. The summed E-state index contributed by atoms with van der Waals surface area (Å²) in [5, 5.41) is 10.1. The van der Waals surface area contributed by atoms with Crippen molar-refractivity contribution in [3.8, 4) is 0 Å². The Labute approximate surface area is 135 Å². The summed E-state index contributed by atoms with van der Waals surface area (Å²) in [6.07, 6.45) is -0.243. The van der Waals surface area contributed by atoms with Crippen molar-refractivity contribution < 1.29 is 17.9 Å². The number of halogens is 3. The number of rotatable bonds is 3. The predicted octanol–water partition coefficient (Wildman–Crippen LogP) is 3.73. The van der Waals surface area contributed by atoms with E-state index in [1.54, 1.807) is 0 Å². The second kappa shape index (κ2) is 6.04. The summed E-state index contributed by atoms with van der Waals surface area (Å²) >= 11 is 8.88. The maximum atomic E-state index is 14.1. The third-order valence-electron chi connectivity index (χ3n) is 2.96. The molecule has 2 aromatic carbocycles. The summed E-state index contributed by atoms with van der Waals surface area (Å²) in [5.41, 5.74) is 0.254. The molecule has 0 aliphatic heterocycles. The van der Waals surface area contributed by atoms with Gasteiger partial charge in [0.15, 0.2) is 9.84 Å². The molecule has 0 fully saturated rings. The Morgan fingerprint density at radius 2 is 1.95 bits per heavy atom. The van der Waals surface area contributed by atoms with Gasteiger partial charge in [0.2, 0.25) is 0 Å². The van der Waals surface area contributed by atoms with Crippen LogP contribution >= 0.6 is 27.5 Å². The van der Waals surface area contributed by atoms with Crippen LogP contribution in [0.15, 0.2) is 45.8 Å². The Morgan fingerprint density at radius 3 is 2.57 bits per heavy atom. The van der Waals surface area contributed by atoms with E-state index in [0.717, 1.165) is 6.26 Å². The van der Waals surface area contributed by atoms with Crippen molar-refractivity contribution in [2.75, 3.05) is 6.26 Å². The van der Waals surface area contributed by atoms with Crippen LogP contribution in [-0.2, 0) is 9.84 Å². The second-order valence-corrected chi connectivity index (χ2v) is 7.76. The molecular formula is C14H11BrClFO3S. The van der Waals surface area contributed by atoms with E-state index in [4.69, 9.17) is 11.6 Å². The van der Waals surface area contributed by atoms with Crippen molar-refractivity contribution in [3.63, 3.8) is 0 Å². The van der Waals surface area contributed by atoms with E-state index >= 15 is 0 Å². The number of aliphatic hydroxyl groups is 1. The van der Waals surface area contributed by atoms with E-state index in [-0.39, 0.29) is 21.0 Å². The van der Waals surface area contributed by atoms with E-state index < -0.39 is 21.8 Å². The highest BCUT2D eigenvalue weighted by molar-refractivity contribution is 9.10. The summed E-state index contributed by atoms with van der Waals surface area (Å²) in [4.78, 5) is 0.0580. The topological polar surface area (TPSA) is 54.4 Å². The van der Waals surface area contributed by atoms with Crippen molar-refractivity contribution in [1.82, 2.24) is 0 Å². The fourth-order valence-electron chi connectivity index (χ4n) is 1.85. The molecule has 0 aliphatic carbocycles. The molecule has 0 saturated carbocycles. The van der Waals surface area contributed by atoms with Gasteiger partial charge in [0.25, 0.3) is 0 Å². The van der Waals surface area contributed by atoms with Gasteiger partial charge in [-0.3, -0.25) is 0 Å². The van der Waals surface area contributed by atoms with Gasteiger partial charge in [-0.25, -0.2) is 12.8 Å². The first-order valence-electron chi connectivity index (χ1n) is 5.83. The number of benzene rings is 2. The van der Waals surface area contributed by atoms with E-state index in [9.17, 15) is 17.9 Å². The van der Waals surface area contributed by atoms with E-state index in [1.807, 2.05) is 0 Å². The lowest BCUT2D eigenvalue weighted by Crippen LogP contribution is -2.05. The zero-order chi connectivity index (χ0) is 15.8. The molecule has 0 aromatic heterocycles. The standard InChI is InChI=1S/C14H11BrClFO3S/c1-21(19,20)9-4-2-3-8(7-9)14(18)10-5-6-11(15)12(16)13(10)17/h2-7,14,18H,1H3. The zero-order valence-electron chi connectivity index (χ0n) is 10.8. The fraction of sp³-hybridized carbons (Fsp3) is 0.143. The van der Waals surface area contributed by atoms with Crippen molar-refractivity contribution >= 4 is 37.4 Å². The average Bonchev–Trinajstić information content (AvgIpc) is 2.43. The first-order valence-corrected chi connectivity index (χ1v) is 8.89. The molecule has 2 rings (SSSR count). The molecule has 0 bridgehead atoms. The van der Waals surface area contributed by atoms with Crippen molar-refractivity contribution in [2.24, 2.45) is 0 Å². The first-order chi connectivity index (χ1) is 9.71. The highest BCUT2D eigenvalue weighted by Gasteiger charge is 2.20. The SMILES string of the molecule is CS(=O)(=O)c1cccc(C(O)c2ccc(Br)c(Cl)c2F)c1. The Balaban J connectivity index is 2.51. The Bertz CT molecular complexity index is 793. The van der Waals surface area contributed by atoms with Crippen LogP contribution < -0.4 is 0 Å². The van der Waals surface area contributed by atoms with Crippen LogP contribution in [0.2, 0.25) is 5.02 Å². The van der Waals surface area contributed by atoms with Gasteiger partial charge in [0.1, 0.15) is 11.9 Å². The monoisotopic (exact) mass is 392 g/mol. The molecule has 0 amide bonds. The Kier molecular flexibility index (Phi) is 4.72. The molecule has 0 saturated heterocycles. The molecular weight excluding hydrogens is 383 g/mol. The summed E-state index contributed by atoms with van der Waals surface area (Å²) < 4.78 is 37.5. The minimum atomic E-state index is -3.40. The highest BCUT2D eigenvalue weighted by Crippen LogP contribution is 2.33. The lowest BCUT2D eigenvalue weighted by atomic mass is 10.0. The van der Waals surface area contributed by atoms with Gasteiger partial charge in [-0.2, -0.15) is 0 Å². The van der Waals surface area contributed by atoms with E-state index in [0.29, 0.717) is 4.47 Å². The quantitative estimate of drug-likeness (QED) is 0.809. The lowest BCUT2D eigenvalue weighted by Gasteiger charge is -2.14. The largest absolute Gasteiger partial charge is 0.384 e. The number of hydrogen-bond donors (Lipinski definition) is 1. The van der Waals surface area contributed by atoms with Gasteiger partial charge in [-0.05, 0) is 39.7 Å². The molecule has 2 aromatic rings. The number of hydrogen-bond acceptors (Lipinski definition) is 3. The molecule has 112 valence electrons. The minimum absolute atomic E-state index is 0.0196. The summed E-state index contributed by atoms with van der Waals surface area (Å²) in [6.45, 7) is 0. The molecule has 1 N–H and O–H groups in total. The van der Waals surface area contributed by atoms with Crippen LogP contribution in [0.5, 0.6) is 0 Å². The summed E-state index contributed by atoms with van der Waals surface area (Å²) in [7, 11) is -3.40. The van der Waals surface area contributed by atoms with Gasteiger partial charge in [-0.1, -0.05) is 29.8 Å². The third kappa shape index (κ3) is 3.45. The molecule has 7 heteroatoms. The third-order valence-corrected chi connectivity index (χ3v) is 5.33. The van der Waals surface area contributed by atoms with Crippen LogP contribution in [0.1, 0.15) is 17.2 Å². The van der Waals surface area contributed by atoms with Gasteiger partial charge in [0.05, 0.1) is 9.92 Å². The average molecular weight is 394 g/mol. The molecule has 0 spiro atoms. The molecule has 0 radical (unpaired) electrons. The van der Waals surface area contributed by atoms with Crippen LogP contribution in [0.4, 0.5) is 4.39 Å². The second-order valence-electron chi connectivity index (χ2n) is 4.51. The lowest BCUT2D eigenvalue weighted by molar-refractivity contribution is 0.214. The molecule has 0 heterocycles. The Hall–Kier alpha value is -0.950. The predicted molar refractivity (Wildman–Crippen MR) is 82.7 cm³/mol. The maximum absolute atomic E-state index is 14.1. The zero-order valence-corrected chi connectivity index (χ0v) is 14.0. The molecule has 21 heavy (non-hydrogen) atoms. The minimum Gasteiger partial charge on any atom is -0.384 e. The molecule has 1 unspecified atom stereocenters. The van der Waals surface area contributed by atoms with Crippen molar-refractivity contribution in [1.29, 1.82) is 0 Å². The van der Waals surface area contributed by atoms with Gasteiger partial charge < -0.3 is 5.11 Å². The molecule has 3 nitrogen and oxygen atoms in total. The first kappa shape index (κ1) is 16.4. The van der Waals surface area contributed by atoms with E-state index in [2.05, 4.69) is 15.9 Å². The van der Waals surface area contributed by atoms with Gasteiger partial charge in [-0.15, -0.1) is 0 Å². The van der Waals surface area contributed by atoms with Gasteiger partial charge >= 0.3 is 0 Å². The van der Waals surface area contributed by atoms with E-state index in [1.165, 1.54) is 36.4 Å². The van der Waals surface area contributed by atoms with Crippen LogP contribution in [-0.4, -0.2) is 19.8 Å². The van der Waals surface area contributed by atoms with Crippen LogP contribution in [0, 0.1) is 5.82 Å². The fourth-order valence-corrected chi connectivity index (χ4v) is 3.00. The highest BCUT2D eigenvalue weighted by atomic mass is 79.9. The molecule has 0 aliphatic rings. The number of sulfone groups is 1. The van der Waals surface area contributed by atoms with Crippen LogP contribution in [0.3, 0.4) is 0 Å². The maximum Gasteiger partial charge on any atom is 0.175 e. The summed E-state index contributed by atoms with van der Waals surface area (Å²) in [5.74, 6) is -0.747.